The first kappa shape index (κ1) is 15.1. The second kappa shape index (κ2) is 7.48. The smallest absolute Gasteiger partial charge is 0.111 e. The molecule has 0 saturated carbocycles. The summed E-state index contributed by atoms with van der Waals surface area (Å²) in [7, 11) is 1.71. The quantitative estimate of drug-likeness (QED) is 0.767. The van der Waals surface area contributed by atoms with Gasteiger partial charge in [0, 0.05) is 13.7 Å². The summed E-state index contributed by atoms with van der Waals surface area (Å²) in [6.45, 7) is 7.97. The monoisotopic (exact) mass is 255 g/mol. The van der Waals surface area contributed by atoms with Crippen molar-refractivity contribution >= 4 is 0 Å². The molecule has 0 spiro atoms. The molecule has 5 nitrogen and oxygen atoms in total. The predicted molar refractivity (Wildman–Crippen MR) is 70.1 cm³/mol. The van der Waals surface area contributed by atoms with Crippen LogP contribution in [0.25, 0.3) is 0 Å². The molecule has 1 aromatic heterocycles. The van der Waals surface area contributed by atoms with Crippen molar-refractivity contribution in [1.82, 2.24) is 15.0 Å². The van der Waals surface area contributed by atoms with Crippen LogP contribution >= 0.6 is 0 Å². The third kappa shape index (κ3) is 4.38. The molecule has 5 heteroatoms. The minimum atomic E-state index is -0.0356. The Balaban J connectivity index is 2.74. The maximum atomic E-state index is 9.29. The van der Waals surface area contributed by atoms with Crippen molar-refractivity contribution in [2.45, 2.75) is 46.8 Å². The first-order valence-electron chi connectivity index (χ1n) is 6.59. The predicted octanol–water partition coefficient (Wildman–Crippen LogP) is 1.64. The van der Waals surface area contributed by atoms with Gasteiger partial charge >= 0.3 is 0 Å². The van der Waals surface area contributed by atoms with Gasteiger partial charge in [-0.05, 0) is 24.7 Å². The van der Waals surface area contributed by atoms with E-state index in [2.05, 4.69) is 31.1 Å². The second-order valence-corrected chi connectivity index (χ2v) is 5.32. The molecular formula is C13H25N3O2. The number of aromatic nitrogens is 3. The van der Waals surface area contributed by atoms with E-state index in [0.29, 0.717) is 24.1 Å². The van der Waals surface area contributed by atoms with E-state index >= 15 is 0 Å². The summed E-state index contributed by atoms with van der Waals surface area (Å²) >= 11 is 0. The van der Waals surface area contributed by atoms with Gasteiger partial charge in [-0.25, -0.2) is 4.68 Å². The van der Waals surface area contributed by atoms with Gasteiger partial charge in [-0.2, -0.15) is 0 Å². The summed E-state index contributed by atoms with van der Waals surface area (Å²) in [5.41, 5.74) is 1.77. The van der Waals surface area contributed by atoms with E-state index in [1.807, 2.05) is 4.68 Å². The van der Waals surface area contributed by atoms with Crippen molar-refractivity contribution in [3.8, 4) is 0 Å². The number of aliphatic hydroxyl groups is 1. The molecule has 0 aliphatic rings. The van der Waals surface area contributed by atoms with E-state index in [4.69, 9.17) is 4.74 Å². The number of rotatable bonds is 8. The van der Waals surface area contributed by atoms with E-state index in [1.165, 1.54) is 0 Å². The number of aliphatic hydroxyl groups excluding tert-OH is 1. The van der Waals surface area contributed by atoms with Crippen LogP contribution in [-0.2, 0) is 24.3 Å². The summed E-state index contributed by atoms with van der Waals surface area (Å²) in [6.07, 6.45) is 2.00. The number of ether oxygens (including phenoxy) is 1. The van der Waals surface area contributed by atoms with E-state index in [9.17, 15) is 5.11 Å². The van der Waals surface area contributed by atoms with Crippen LogP contribution in [0.15, 0.2) is 0 Å². The lowest BCUT2D eigenvalue weighted by molar-refractivity contribution is 0.148. The Hall–Kier alpha value is -0.940. The third-order valence-corrected chi connectivity index (χ3v) is 2.96. The standard InChI is InChI=1S/C13H25N3O2/c1-10(2)5-6-13-12(8-17)14-15-16(13)7-11(3)9-18-4/h10-11,17H,5-9H2,1-4H3. The highest BCUT2D eigenvalue weighted by Gasteiger charge is 2.14. The minimum absolute atomic E-state index is 0.0356. The van der Waals surface area contributed by atoms with Gasteiger partial charge < -0.3 is 9.84 Å². The highest BCUT2D eigenvalue weighted by molar-refractivity contribution is 5.09. The first-order chi connectivity index (χ1) is 8.58. The van der Waals surface area contributed by atoms with Gasteiger partial charge in [0.25, 0.3) is 0 Å². The molecule has 0 aromatic carbocycles. The Labute approximate surface area is 109 Å². The van der Waals surface area contributed by atoms with Gasteiger partial charge in [0.15, 0.2) is 0 Å². The topological polar surface area (TPSA) is 60.2 Å². The third-order valence-electron chi connectivity index (χ3n) is 2.96. The molecular weight excluding hydrogens is 230 g/mol. The molecule has 1 unspecified atom stereocenters. The fourth-order valence-corrected chi connectivity index (χ4v) is 1.97. The lowest BCUT2D eigenvalue weighted by Gasteiger charge is -2.13. The van der Waals surface area contributed by atoms with Gasteiger partial charge in [-0.1, -0.05) is 26.0 Å². The van der Waals surface area contributed by atoms with Crippen molar-refractivity contribution in [3.63, 3.8) is 0 Å². The van der Waals surface area contributed by atoms with Crippen molar-refractivity contribution in [2.24, 2.45) is 11.8 Å². The molecule has 0 amide bonds. The van der Waals surface area contributed by atoms with Crippen LogP contribution < -0.4 is 0 Å². The van der Waals surface area contributed by atoms with Gasteiger partial charge in [0.1, 0.15) is 5.69 Å². The van der Waals surface area contributed by atoms with Crippen LogP contribution in [0.4, 0.5) is 0 Å². The zero-order chi connectivity index (χ0) is 13.5. The van der Waals surface area contributed by atoms with Gasteiger partial charge in [-0.3, -0.25) is 0 Å². The Morgan fingerprint density at radius 3 is 2.61 bits per heavy atom. The fourth-order valence-electron chi connectivity index (χ4n) is 1.97. The van der Waals surface area contributed by atoms with Gasteiger partial charge in [-0.15, -0.1) is 5.10 Å². The Morgan fingerprint density at radius 2 is 2.06 bits per heavy atom. The van der Waals surface area contributed by atoms with Gasteiger partial charge in [0.2, 0.25) is 0 Å². The zero-order valence-electron chi connectivity index (χ0n) is 11.9. The summed E-state index contributed by atoms with van der Waals surface area (Å²) in [5, 5.41) is 17.5. The molecule has 1 rings (SSSR count). The molecule has 1 heterocycles. The number of hydrogen-bond donors (Lipinski definition) is 1. The highest BCUT2D eigenvalue weighted by atomic mass is 16.5. The average molecular weight is 255 g/mol. The number of hydrogen-bond acceptors (Lipinski definition) is 4. The minimum Gasteiger partial charge on any atom is -0.390 e. The molecule has 0 aliphatic carbocycles. The summed E-state index contributed by atoms with van der Waals surface area (Å²) in [6, 6.07) is 0. The molecule has 1 atom stereocenters. The van der Waals surface area contributed by atoms with Crippen molar-refractivity contribution in [3.05, 3.63) is 11.4 Å². The highest BCUT2D eigenvalue weighted by Crippen LogP contribution is 2.14. The lowest BCUT2D eigenvalue weighted by atomic mass is 10.1. The Morgan fingerprint density at radius 1 is 1.33 bits per heavy atom. The SMILES string of the molecule is COCC(C)Cn1nnc(CO)c1CCC(C)C. The largest absolute Gasteiger partial charge is 0.390 e. The van der Waals surface area contributed by atoms with Crippen LogP contribution in [0.3, 0.4) is 0 Å². The van der Waals surface area contributed by atoms with E-state index < -0.39 is 0 Å². The molecule has 104 valence electrons. The Bertz CT molecular complexity index is 350. The molecule has 1 N–H and O–H groups in total. The maximum absolute atomic E-state index is 9.29. The normalized spacial score (nSPS) is 13.2. The lowest BCUT2D eigenvalue weighted by Crippen LogP contribution is -2.16. The Kier molecular flexibility index (Phi) is 6.29. The van der Waals surface area contributed by atoms with Crippen LogP contribution in [0.5, 0.6) is 0 Å². The summed E-state index contributed by atoms with van der Waals surface area (Å²) in [5.74, 6) is 1.03. The van der Waals surface area contributed by atoms with E-state index in [1.54, 1.807) is 7.11 Å². The number of nitrogens with zero attached hydrogens (tertiary/aromatic N) is 3. The van der Waals surface area contributed by atoms with E-state index in [-0.39, 0.29) is 6.61 Å². The van der Waals surface area contributed by atoms with E-state index in [0.717, 1.165) is 25.1 Å². The first-order valence-corrected chi connectivity index (χ1v) is 6.59. The average Bonchev–Trinajstić information content (AvgIpc) is 2.68. The molecule has 18 heavy (non-hydrogen) atoms. The van der Waals surface area contributed by atoms with Crippen LogP contribution in [0, 0.1) is 11.8 Å². The van der Waals surface area contributed by atoms with Gasteiger partial charge in [0.05, 0.1) is 18.9 Å². The maximum Gasteiger partial charge on any atom is 0.111 e. The molecule has 0 bridgehead atoms. The molecule has 0 saturated heterocycles. The van der Waals surface area contributed by atoms with Crippen molar-refractivity contribution < 1.29 is 9.84 Å². The molecule has 0 aliphatic heterocycles. The summed E-state index contributed by atoms with van der Waals surface area (Å²) in [4.78, 5) is 0. The molecule has 0 fully saturated rings. The molecule has 1 aromatic rings. The van der Waals surface area contributed by atoms with Crippen LogP contribution in [-0.4, -0.2) is 33.8 Å². The van der Waals surface area contributed by atoms with Crippen LogP contribution in [0.2, 0.25) is 0 Å². The summed E-state index contributed by atoms with van der Waals surface area (Å²) < 4.78 is 7.05. The second-order valence-electron chi connectivity index (χ2n) is 5.32. The zero-order valence-corrected chi connectivity index (χ0v) is 11.9. The fraction of sp³-hybridized carbons (Fsp3) is 0.846. The number of methoxy groups -OCH3 is 1. The van der Waals surface area contributed by atoms with Crippen molar-refractivity contribution in [1.29, 1.82) is 0 Å². The molecule has 0 radical (unpaired) electrons. The van der Waals surface area contributed by atoms with Crippen LogP contribution in [0.1, 0.15) is 38.6 Å². The van der Waals surface area contributed by atoms with Crippen molar-refractivity contribution in [2.75, 3.05) is 13.7 Å².